The van der Waals surface area contributed by atoms with E-state index in [9.17, 15) is 0 Å². The van der Waals surface area contributed by atoms with E-state index in [0.29, 0.717) is 6.61 Å². The number of hydrogen-bond donors (Lipinski definition) is 1. The van der Waals surface area contributed by atoms with E-state index in [2.05, 4.69) is 35.3 Å². The van der Waals surface area contributed by atoms with E-state index in [1.54, 1.807) is 7.11 Å². The van der Waals surface area contributed by atoms with E-state index in [1.807, 2.05) is 6.92 Å². The Hall–Kier alpha value is -1.26. The van der Waals surface area contributed by atoms with Gasteiger partial charge in [-0.3, -0.25) is 0 Å². The minimum atomic E-state index is 0.117. The van der Waals surface area contributed by atoms with Crippen LogP contribution in [0.1, 0.15) is 18.9 Å². The van der Waals surface area contributed by atoms with Crippen LogP contribution in [-0.2, 0) is 4.74 Å². The number of nitrogens with one attached hydrogen (secondary N) is 1. The molecule has 1 atom stereocenters. The maximum Gasteiger partial charge on any atom is 0.119 e. The van der Waals surface area contributed by atoms with Crippen LogP contribution in [0.3, 0.4) is 0 Å². The SMILES string of the molecule is COC(C)COc1ccc(N2CCCNCC2)c(C)c1. The average Bonchev–Trinajstić information content (AvgIpc) is 2.73. The molecule has 1 unspecified atom stereocenters. The Morgan fingerprint density at radius 1 is 1.30 bits per heavy atom. The van der Waals surface area contributed by atoms with Crippen molar-refractivity contribution in [3.8, 4) is 5.75 Å². The first kappa shape index (κ1) is 15.1. The van der Waals surface area contributed by atoms with E-state index >= 15 is 0 Å². The molecule has 1 aliphatic heterocycles. The van der Waals surface area contributed by atoms with E-state index < -0.39 is 0 Å². The van der Waals surface area contributed by atoms with E-state index in [4.69, 9.17) is 9.47 Å². The maximum absolute atomic E-state index is 5.75. The van der Waals surface area contributed by atoms with Crippen LogP contribution in [0.4, 0.5) is 5.69 Å². The van der Waals surface area contributed by atoms with Crippen LogP contribution >= 0.6 is 0 Å². The molecule has 1 N–H and O–H groups in total. The summed E-state index contributed by atoms with van der Waals surface area (Å²) in [7, 11) is 1.70. The molecule has 1 aromatic rings. The van der Waals surface area contributed by atoms with Crippen LogP contribution in [-0.4, -0.2) is 46.0 Å². The highest BCUT2D eigenvalue weighted by Crippen LogP contribution is 2.25. The lowest BCUT2D eigenvalue weighted by Gasteiger charge is -2.24. The molecule has 4 heteroatoms. The highest BCUT2D eigenvalue weighted by Gasteiger charge is 2.12. The largest absolute Gasteiger partial charge is 0.491 e. The lowest BCUT2D eigenvalue weighted by atomic mass is 10.1. The summed E-state index contributed by atoms with van der Waals surface area (Å²) in [6.45, 7) is 9.11. The minimum absolute atomic E-state index is 0.117. The number of methoxy groups -OCH3 is 1. The Kier molecular flexibility index (Phi) is 5.68. The summed E-state index contributed by atoms with van der Waals surface area (Å²) in [6, 6.07) is 6.35. The summed E-state index contributed by atoms with van der Waals surface area (Å²) in [5.74, 6) is 0.920. The second-order valence-electron chi connectivity index (χ2n) is 5.40. The van der Waals surface area contributed by atoms with Gasteiger partial charge in [-0.05, 0) is 50.6 Å². The summed E-state index contributed by atoms with van der Waals surface area (Å²) in [6.07, 6.45) is 1.31. The summed E-state index contributed by atoms with van der Waals surface area (Å²) in [5.41, 5.74) is 2.59. The minimum Gasteiger partial charge on any atom is -0.491 e. The molecule has 2 rings (SSSR count). The van der Waals surface area contributed by atoms with Gasteiger partial charge < -0.3 is 19.7 Å². The van der Waals surface area contributed by atoms with Crippen molar-refractivity contribution in [1.82, 2.24) is 5.32 Å². The van der Waals surface area contributed by atoms with Crippen molar-refractivity contribution in [2.24, 2.45) is 0 Å². The molecule has 0 spiro atoms. The van der Waals surface area contributed by atoms with Crippen LogP contribution in [0.25, 0.3) is 0 Å². The molecule has 112 valence electrons. The smallest absolute Gasteiger partial charge is 0.119 e. The maximum atomic E-state index is 5.75. The fourth-order valence-electron chi connectivity index (χ4n) is 2.44. The predicted octanol–water partition coefficient (Wildman–Crippen LogP) is 2.21. The van der Waals surface area contributed by atoms with Gasteiger partial charge in [-0.1, -0.05) is 0 Å². The number of aryl methyl sites for hydroxylation is 1. The summed E-state index contributed by atoms with van der Waals surface area (Å²) in [4.78, 5) is 2.46. The van der Waals surface area contributed by atoms with Gasteiger partial charge in [-0.25, -0.2) is 0 Å². The van der Waals surface area contributed by atoms with Gasteiger partial charge in [0.05, 0.1) is 6.10 Å². The first-order chi connectivity index (χ1) is 9.70. The predicted molar refractivity (Wildman–Crippen MR) is 82.8 cm³/mol. The van der Waals surface area contributed by atoms with Gasteiger partial charge in [0.2, 0.25) is 0 Å². The van der Waals surface area contributed by atoms with Crippen molar-refractivity contribution in [1.29, 1.82) is 0 Å². The third-order valence-electron chi connectivity index (χ3n) is 3.74. The fraction of sp³-hybridized carbons (Fsp3) is 0.625. The van der Waals surface area contributed by atoms with Crippen molar-refractivity contribution in [3.63, 3.8) is 0 Å². The summed E-state index contributed by atoms with van der Waals surface area (Å²) < 4.78 is 10.9. The molecule has 0 radical (unpaired) electrons. The quantitative estimate of drug-likeness (QED) is 0.895. The second kappa shape index (κ2) is 7.50. The molecule has 0 saturated carbocycles. The lowest BCUT2D eigenvalue weighted by Crippen LogP contribution is -2.28. The Labute approximate surface area is 122 Å². The highest BCUT2D eigenvalue weighted by molar-refractivity contribution is 5.56. The first-order valence-corrected chi connectivity index (χ1v) is 7.42. The van der Waals surface area contributed by atoms with Crippen LogP contribution in [0.2, 0.25) is 0 Å². The Bertz CT molecular complexity index is 415. The highest BCUT2D eigenvalue weighted by atomic mass is 16.5. The molecular formula is C16H26N2O2. The number of benzene rings is 1. The van der Waals surface area contributed by atoms with E-state index in [-0.39, 0.29) is 6.10 Å². The van der Waals surface area contributed by atoms with Crippen molar-refractivity contribution >= 4 is 5.69 Å². The second-order valence-corrected chi connectivity index (χ2v) is 5.40. The molecule has 20 heavy (non-hydrogen) atoms. The molecule has 0 aromatic heterocycles. The fourth-order valence-corrected chi connectivity index (χ4v) is 2.44. The van der Waals surface area contributed by atoms with Gasteiger partial charge >= 0.3 is 0 Å². The van der Waals surface area contributed by atoms with E-state index in [1.165, 1.54) is 17.7 Å². The van der Waals surface area contributed by atoms with Crippen LogP contribution in [0.5, 0.6) is 5.75 Å². The van der Waals surface area contributed by atoms with Crippen molar-refractivity contribution in [3.05, 3.63) is 23.8 Å². The average molecular weight is 278 g/mol. The summed E-state index contributed by atoms with van der Waals surface area (Å²) in [5, 5.41) is 3.44. The number of nitrogens with zero attached hydrogens (tertiary/aromatic N) is 1. The number of hydrogen-bond acceptors (Lipinski definition) is 4. The molecule has 0 aliphatic carbocycles. The Morgan fingerprint density at radius 3 is 2.90 bits per heavy atom. The van der Waals surface area contributed by atoms with Gasteiger partial charge in [-0.2, -0.15) is 0 Å². The molecular weight excluding hydrogens is 252 g/mol. The molecule has 0 bridgehead atoms. The first-order valence-electron chi connectivity index (χ1n) is 7.42. The molecule has 1 heterocycles. The van der Waals surface area contributed by atoms with Gasteiger partial charge in [-0.15, -0.1) is 0 Å². The molecule has 1 aromatic carbocycles. The molecule has 4 nitrogen and oxygen atoms in total. The van der Waals surface area contributed by atoms with Gasteiger partial charge in [0, 0.05) is 32.4 Å². The Balaban J connectivity index is 2.01. The van der Waals surface area contributed by atoms with Crippen LogP contribution in [0, 0.1) is 6.92 Å². The van der Waals surface area contributed by atoms with Crippen LogP contribution < -0.4 is 15.0 Å². The van der Waals surface area contributed by atoms with Crippen molar-refractivity contribution in [2.75, 3.05) is 44.8 Å². The van der Waals surface area contributed by atoms with Gasteiger partial charge in [0.1, 0.15) is 12.4 Å². The third kappa shape index (κ3) is 4.12. The monoisotopic (exact) mass is 278 g/mol. The normalized spacial score (nSPS) is 17.6. The summed E-state index contributed by atoms with van der Waals surface area (Å²) >= 11 is 0. The molecule has 0 amide bonds. The third-order valence-corrected chi connectivity index (χ3v) is 3.74. The van der Waals surface area contributed by atoms with Crippen molar-refractivity contribution < 1.29 is 9.47 Å². The van der Waals surface area contributed by atoms with Gasteiger partial charge in [0.15, 0.2) is 0 Å². The zero-order chi connectivity index (χ0) is 14.4. The van der Waals surface area contributed by atoms with Gasteiger partial charge in [0.25, 0.3) is 0 Å². The number of ether oxygens (including phenoxy) is 2. The standard InChI is InChI=1S/C16H26N2O2/c1-13-11-15(20-12-14(2)19-3)5-6-16(13)18-9-4-7-17-8-10-18/h5-6,11,14,17H,4,7-10,12H2,1-3H3. The number of anilines is 1. The Morgan fingerprint density at radius 2 is 2.15 bits per heavy atom. The number of rotatable bonds is 5. The molecule has 1 saturated heterocycles. The molecule has 1 fully saturated rings. The van der Waals surface area contributed by atoms with E-state index in [0.717, 1.165) is 31.9 Å². The zero-order valence-corrected chi connectivity index (χ0v) is 12.8. The zero-order valence-electron chi connectivity index (χ0n) is 12.8. The van der Waals surface area contributed by atoms with Crippen molar-refractivity contribution in [2.45, 2.75) is 26.4 Å². The van der Waals surface area contributed by atoms with Crippen LogP contribution in [0.15, 0.2) is 18.2 Å². The molecule has 1 aliphatic rings. The topological polar surface area (TPSA) is 33.7 Å². The lowest BCUT2D eigenvalue weighted by molar-refractivity contribution is 0.0716.